The average molecular weight is 461 g/mol. The van der Waals surface area contributed by atoms with Gasteiger partial charge in [-0.05, 0) is 43.7 Å². The summed E-state index contributed by atoms with van der Waals surface area (Å²) in [4.78, 5) is 45.7. The zero-order valence-corrected chi connectivity index (χ0v) is 19.1. The molecule has 5 rings (SSSR count). The fourth-order valence-electron chi connectivity index (χ4n) is 4.19. The number of Topliss-reactive ketones (excluding diaryl/α,β-unsaturated/α-hetero) is 1. The van der Waals surface area contributed by atoms with E-state index in [9.17, 15) is 14.4 Å². The summed E-state index contributed by atoms with van der Waals surface area (Å²) in [5, 5.41) is 0.737. The third-order valence-electron chi connectivity index (χ3n) is 5.57. The molecule has 33 heavy (non-hydrogen) atoms. The molecule has 1 aliphatic rings. The van der Waals surface area contributed by atoms with Crippen LogP contribution < -0.4 is 15.1 Å². The standard InChI is InChI=1S/C25H20N2O5S/c1-4-31-16-9-7-8-15(12-16)20-19-21(29)17-10-5-6-11-18(17)32-22(19)24(30)27(20)25-26-13(2)23(33-25)14(3)28/h5-12,20H,4H2,1-3H3/t20-/m1/s1. The maximum Gasteiger partial charge on any atom is 0.297 e. The molecule has 3 heterocycles. The number of benzene rings is 2. The summed E-state index contributed by atoms with van der Waals surface area (Å²) in [6.45, 7) is 5.56. The smallest absolute Gasteiger partial charge is 0.297 e. The normalized spacial score (nSPS) is 15.2. The Kier molecular flexibility index (Phi) is 5.09. The maximum absolute atomic E-state index is 13.6. The highest BCUT2D eigenvalue weighted by Gasteiger charge is 2.45. The molecule has 0 saturated heterocycles. The first-order chi connectivity index (χ1) is 15.9. The van der Waals surface area contributed by atoms with Crippen molar-refractivity contribution in [3.05, 3.63) is 86.2 Å². The van der Waals surface area contributed by atoms with Crippen LogP contribution in [0.5, 0.6) is 5.75 Å². The summed E-state index contributed by atoms with van der Waals surface area (Å²) in [5.41, 5.74) is 1.56. The number of ether oxygens (including phenoxy) is 1. The van der Waals surface area contributed by atoms with Crippen molar-refractivity contribution in [3.8, 4) is 5.75 Å². The lowest BCUT2D eigenvalue weighted by atomic mass is 9.98. The van der Waals surface area contributed by atoms with E-state index in [0.29, 0.717) is 44.6 Å². The molecule has 0 radical (unpaired) electrons. The van der Waals surface area contributed by atoms with Crippen LogP contribution in [-0.2, 0) is 0 Å². The molecule has 1 atom stereocenters. The zero-order chi connectivity index (χ0) is 23.3. The Hall–Kier alpha value is -3.78. The number of carbonyl (C=O) groups excluding carboxylic acids is 2. The average Bonchev–Trinajstić information content (AvgIpc) is 3.32. The van der Waals surface area contributed by atoms with Gasteiger partial charge in [-0.1, -0.05) is 35.6 Å². The predicted molar refractivity (Wildman–Crippen MR) is 126 cm³/mol. The molecule has 1 aliphatic heterocycles. The number of ketones is 1. The van der Waals surface area contributed by atoms with Crippen LogP contribution in [0.15, 0.2) is 57.7 Å². The van der Waals surface area contributed by atoms with Crippen molar-refractivity contribution in [3.63, 3.8) is 0 Å². The van der Waals surface area contributed by atoms with E-state index in [-0.39, 0.29) is 22.5 Å². The van der Waals surface area contributed by atoms with E-state index in [1.165, 1.54) is 11.8 Å². The fraction of sp³-hybridized carbons (Fsp3) is 0.200. The molecule has 8 heteroatoms. The van der Waals surface area contributed by atoms with Crippen molar-refractivity contribution in [1.82, 2.24) is 4.98 Å². The molecule has 0 unspecified atom stereocenters. The van der Waals surface area contributed by atoms with E-state index >= 15 is 0 Å². The highest BCUT2D eigenvalue weighted by Crippen LogP contribution is 2.43. The van der Waals surface area contributed by atoms with Crippen LogP contribution in [0.25, 0.3) is 11.0 Å². The predicted octanol–water partition coefficient (Wildman–Crippen LogP) is 4.91. The Morgan fingerprint density at radius 2 is 1.97 bits per heavy atom. The van der Waals surface area contributed by atoms with Crippen LogP contribution in [0.1, 0.15) is 56.9 Å². The first-order valence-electron chi connectivity index (χ1n) is 10.5. The lowest BCUT2D eigenvalue weighted by Gasteiger charge is -2.23. The molecule has 2 aromatic carbocycles. The third-order valence-corrected chi connectivity index (χ3v) is 6.83. The summed E-state index contributed by atoms with van der Waals surface area (Å²) in [5.74, 6) is 0.0160. The maximum atomic E-state index is 13.6. The van der Waals surface area contributed by atoms with Gasteiger partial charge in [-0.3, -0.25) is 19.3 Å². The summed E-state index contributed by atoms with van der Waals surface area (Å²) >= 11 is 1.13. The number of aromatic nitrogens is 1. The molecule has 0 spiro atoms. The Morgan fingerprint density at radius 3 is 2.70 bits per heavy atom. The van der Waals surface area contributed by atoms with Crippen LogP contribution in [0.2, 0.25) is 0 Å². The summed E-state index contributed by atoms with van der Waals surface area (Å²) < 4.78 is 11.6. The molecule has 166 valence electrons. The van der Waals surface area contributed by atoms with Crippen molar-refractivity contribution in [1.29, 1.82) is 0 Å². The van der Waals surface area contributed by atoms with E-state index in [1.807, 2.05) is 31.2 Å². The second kappa shape index (κ2) is 7.97. The van der Waals surface area contributed by atoms with Gasteiger partial charge in [-0.2, -0.15) is 0 Å². The van der Waals surface area contributed by atoms with Gasteiger partial charge in [0.15, 0.2) is 16.3 Å². The quantitative estimate of drug-likeness (QED) is 0.393. The van der Waals surface area contributed by atoms with Crippen LogP contribution >= 0.6 is 11.3 Å². The van der Waals surface area contributed by atoms with E-state index in [4.69, 9.17) is 9.15 Å². The number of rotatable bonds is 5. The van der Waals surface area contributed by atoms with Gasteiger partial charge in [0.2, 0.25) is 5.76 Å². The Balaban J connectivity index is 1.78. The molecular formula is C25H20N2O5S. The molecule has 0 fully saturated rings. The molecule has 2 aromatic heterocycles. The number of amides is 1. The molecule has 7 nitrogen and oxygen atoms in total. The molecule has 4 aromatic rings. The van der Waals surface area contributed by atoms with Gasteiger partial charge >= 0.3 is 0 Å². The van der Waals surface area contributed by atoms with Crippen molar-refractivity contribution in [2.75, 3.05) is 11.5 Å². The third kappa shape index (κ3) is 3.34. The number of hydrogen-bond acceptors (Lipinski definition) is 7. The van der Waals surface area contributed by atoms with E-state index in [0.717, 1.165) is 11.3 Å². The van der Waals surface area contributed by atoms with Gasteiger partial charge in [0.1, 0.15) is 11.3 Å². The first kappa shape index (κ1) is 21.1. The minimum absolute atomic E-state index is 0.0114. The lowest BCUT2D eigenvalue weighted by molar-refractivity contribution is 0.0969. The van der Waals surface area contributed by atoms with Crippen molar-refractivity contribution in [2.45, 2.75) is 26.8 Å². The van der Waals surface area contributed by atoms with Crippen LogP contribution in [-0.4, -0.2) is 23.3 Å². The van der Waals surface area contributed by atoms with Crippen LogP contribution in [0.4, 0.5) is 5.13 Å². The molecule has 0 saturated carbocycles. The van der Waals surface area contributed by atoms with Gasteiger partial charge in [0.25, 0.3) is 5.91 Å². The molecular weight excluding hydrogens is 440 g/mol. The van der Waals surface area contributed by atoms with Gasteiger partial charge in [0, 0.05) is 6.92 Å². The summed E-state index contributed by atoms with van der Waals surface area (Å²) in [6, 6.07) is 13.4. The molecule has 0 bridgehead atoms. The summed E-state index contributed by atoms with van der Waals surface area (Å²) in [6.07, 6.45) is 0. The molecule has 0 aliphatic carbocycles. The number of anilines is 1. The van der Waals surface area contributed by atoms with Gasteiger partial charge in [-0.25, -0.2) is 4.98 Å². The number of aryl methyl sites for hydroxylation is 1. The minimum atomic E-state index is -0.765. The number of carbonyl (C=O) groups is 2. The molecule has 0 N–H and O–H groups in total. The van der Waals surface area contributed by atoms with Crippen LogP contribution in [0, 0.1) is 6.92 Å². The van der Waals surface area contributed by atoms with Crippen molar-refractivity contribution >= 4 is 39.1 Å². The highest BCUT2D eigenvalue weighted by atomic mass is 32.1. The van der Waals surface area contributed by atoms with Gasteiger partial charge in [-0.15, -0.1) is 0 Å². The Labute approximate surface area is 193 Å². The Morgan fingerprint density at radius 1 is 1.18 bits per heavy atom. The molecule has 1 amide bonds. The SMILES string of the molecule is CCOc1cccc([C@@H]2c3c(oc4ccccc4c3=O)C(=O)N2c2nc(C)c(C(C)=O)s2)c1. The monoisotopic (exact) mass is 460 g/mol. The van der Waals surface area contributed by atoms with Crippen molar-refractivity contribution < 1.29 is 18.7 Å². The highest BCUT2D eigenvalue weighted by molar-refractivity contribution is 7.17. The number of nitrogens with zero attached hydrogens (tertiary/aromatic N) is 2. The van der Waals surface area contributed by atoms with E-state index < -0.39 is 11.9 Å². The second-order valence-electron chi connectivity index (χ2n) is 7.72. The summed E-state index contributed by atoms with van der Waals surface area (Å²) in [7, 11) is 0. The Bertz CT molecular complexity index is 1490. The van der Waals surface area contributed by atoms with E-state index in [1.54, 1.807) is 31.2 Å². The fourth-order valence-corrected chi connectivity index (χ4v) is 5.17. The topological polar surface area (TPSA) is 89.7 Å². The largest absolute Gasteiger partial charge is 0.494 e. The minimum Gasteiger partial charge on any atom is -0.494 e. The van der Waals surface area contributed by atoms with Crippen LogP contribution in [0.3, 0.4) is 0 Å². The second-order valence-corrected chi connectivity index (χ2v) is 8.70. The van der Waals surface area contributed by atoms with Gasteiger partial charge in [0.05, 0.1) is 34.2 Å². The lowest BCUT2D eigenvalue weighted by Crippen LogP contribution is -2.29. The van der Waals surface area contributed by atoms with Crippen molar-refractivity contribution in [2.24, 2.45) is 0 Å². The number of fused-ring (bicyclic) bond motifs is 2. The van der Waals surface area contributed by atoms with Gasteiger partial charge < -0.3 is 9.15 Å². The number of thiazole rings is 1. The first-order valence-corrected chi connectivity index (χ1v) is 11.3. The van der Waals surface area contributed by atoms with E-state index in [2.05, 4.69) is 4.98 Å². The number of para-hydroxylation sites is 1. The zero-order valence-electron chi connectivity index (χ0n) is 18.2. The number of hydrogen-bond donors (Lipinski definition) is 0.